The standard InChI is InChI=1S/C11H10ClNO4/c12-10(14)11(15)13-7-2-3-8-9(6-7)17-5-1-4-16-8/h2-3,6H,1,4-5H2,(H,13,15). The first-order valence-electron chi connectivity index (χ1n) is 5.07. The van der Waals surface area contributed by atoms with Gasteiger partial charge in [-0.05, 0) is 23.7 Å². The summed E-state index contributed by atoms with van der Waals surface area (Å²) in [5.74, 6) is 0.293. The van der Waals surface area contributed by atoms with Gasteiger partial charge in [-0.15, -0.1) is 0 Å². The lowest BCUT2D eigenvalue weighted by molar-refractivity contribution is -0.130. The van der Waals surface area contributed by atoms with Crippen molar-refractivity contribution in [3.8, 4) is 11.5 Å². The average Bonchev–Trinajstić information content (AvgIpc) is 2.53. The van der Waals surface area contributed by atoms with Crippen LogP contribution in [0.1, 0.15) is 6.42 Å². The highest BCUT2D eigenvalue weighted by molar-refractivity contribution is 6.82. The monoisotopic (exact) mass is 255 g/mol. The molecule has 0 atom stereocenters. The van der Waals surface area contributed by atoms with Crippen molar-refractivity contribution < 1.29 is 19.1 Å². The topological polar surface area (TPSA) is 64.6 Å². The number of halogens is 1. The second kappa shape index (κ2) is 5.05. The average molecular weight is 256 g/mol. The summed E-state index contributed by atoms with van der Waals surface area (Å²) in [5.41, 5.74) is 0.438. The van der Waals surface area contributed by atoms with Crippen LogP contribution in [0.25, 0.3) is 0 Å². The van der Waals surface area contributed by atoms with Crippen LogP contribution < -0.4 is 14.8 Å². The molecule has 0 unspecified atom stereocenters. The van der Waals surface area contributed by atoms with Crippen LogP contribution in [0, 0.1) is 0 Å². The Hall–Kier alpha value is -1.75. The maximum atomic E-state index is 11.1. The Balaban J connectivity index is 2.18. The van der Waals surface area contributed by atoms with Gasteiger partial charge in [0.2, 0.25) is 0 Å². The summed E-state index contributed by atoms with van der Waals surface area (Å²) in [6, 6.07) is 4.89. The van der Waals surface area contributed by atoms with E-state index in [1.807, 2.05) is 0 Å². The minimum Gasteiger partial charge on any atom is -0.490 e. The van der Waals surface area contributed by atoms with Crippen molar-refractivity contribution >= 4 is 28.4 Å². The summed E-state index contributed by atoms with van der Waals surface area (Å²) in [7, 11) is 0. The Morgan fingerprint density at radius 3 is 2.59 bits per heavy atom. The molecule has 0 saturated heterocycles. The van der Waals surface area contributed by atoms with Crippen LogP contribution in [-0.4, -0.2) is 24.4 Å². The number of amides is 1. The summed E-state index contributed by atoms with van der Waals surface area (Å²) in [5, 5.41) is 1.30. The van der Waals surface area contributed by atoms with Gasteiger partial charge >= 0.3 is 11.1 Å². The van der Waals surface area contributed by atoms with E-state index in [0.717, 1.165) is 6.42 Å². The van der Waals surface area contributed by atoms with Crippen LogP contribution >= 0.6 is 11.6 Å². The number of benzene rings is 1. The Morgan fingerprint density at radius 2 is 1.88 bits per heavy atom. The molecule has 0 saturated carbocycles. The molecule has 1 aliphatic rings. The maximum absolute atomic E-state index is 11.1. The molecule has 0 spiro atoms. The molecule has 1 aliphatic heterocycles. The molecular formula is C11H10ClNO4. The molecule has 2 rings (SSSR count). The van der Waals surface area contributed by atoms with Crippen LogP contribution in [-0.2, 0) is 9.59 Å². The predicted octanol–water partition coefficient (Wildman–Crippen LogP) is 1.55. The predicted molar refractivity (Wildman–Crippen MR) is 61.5 cm³/mol. The SMILES string of the molecule is O=C(Cl)C(=O)Nc1ccc2c(c1)OCCCO2. The van der Waals surface area contributed by atoms with Crippen LogP contribution in [0.2, 0.25) is 0 Å². The highest BCUT2D eigenvalue weighted by Crippen LogP contribution is 2.32. The molecule has 1 heterocycles. The minimum absolute atomic E-state index is 0.438. The quantitative estimate of drug-likeness (QED) is 0.643. The van der Waals surface area contributed by atoms with Crippen molar-refractivity contribution in [1.82, 2.24) is 0 Å². The van der Waals surface area contributed by atoms with Gasteiger partial charge in [-0.1, -0.05) is 0 Å². The van der Waals surface area contributed by atoms with Gasteiger partial charge in [0, 0.05) is 18.2 Å². The zero-order valence-corrected chi connectivity index (χ0v) is 9.62. The fraction of sp³-hybridized carbons (Fsp3) is 0.273. The number of carbonyl (C=O) groups is 2. The highest BCUT2D eigenvalue weighted by atomic mass is 35.5. The van der Waals surface area contributed by atoms with E-state index in [0.29, 0.717) is 30.4 Å². The van der Waals surface area contributed by atoms with Gasteiger partial charge in [0.25, 0.3) is 0 Å². The highest BCUT2D eigenvalue weighted by Gasteiger charge is 2.14. The van der Waals surface area contributed by atoms with Crippen molar-refractivity contribution in [2.24, 2.45) is 0 Å². The molecule has 0 aliphatic carbocycles. The van der Waals surface area contributed by atoms with Gasteiger partial charge in [-0.25, -0.2) is 0 Å². The molecule has 1 aromatic carbocycles. The van der Waals surface area contributed by atoms with E-state index in [1.54, 1.807) is 18.2 Å². The summed E-state index contributed by atoms with van der Waals surface area (Å²) >= 11 is 5.04. The summed E-state index contributed by atoms with van der Waals surface area (Å²) in [6.07, 6.45) is 0.802. The first kappa shape index (κ1) is 11.7. The fourth-order valence-electron chi connectivity index (χ4n) is 1.42. The van der Waals surface area contributed by atoms with Crippen molar-refractivity contribution in [3.05, 3.63) is 18.2 Å². The van der Waals surface area contributed by atoms with E-state index in [1.165, 1.54) is 0 Å². The van der Waals surface area contributed by atoms with Crippen LogP contribution in [0.15, 0.2) is 18.2 Å². The van der Waals surface area contributed by atoms with Gasteiger partial charge in [-0.3, -0.25) is 9.59 Å². The van der Waals surface area contributed by atoms with E-state index in [4.69, 9.17) is 21.1 Å². The number of ether oxygens (including phenoxy) is 2. The van der Waals surface area contributed by atoms with Gasteiger partial charge < -0.3 is 14.8 Å². The molecule has 6 heteroatoms. The zero-order chi connectivity index (χ0) is 12.3. The Bertz CT molecular complexity index is 461. The minimum atomic E-state index is -1.06. The van der Waals surface area contributed by atoms with Gasteiger partial charge in [-0.2, -0.15) is 0 Å². The van der Waals surface area contributed by atoms with Gasteiger partial charge in [0.1, 0.15) is 0 Å². The van der Waals surface area contributed by atoms with Crippen molar-refractivity contribution in [2.75, 3.05) is 18.5 Å². The molecule has 90 valence electrons. The molecule has 1 N–H and O–H groups in total. The van der Waals surface area contributed by atoms with Crippen molar-refractivity contribution in [2.45, 2.75) is 6.42 Å². The van der Waals surface area contributed by atoms with Gasteiger partial charge in [0.15, 0.2) is 11.5 Å². The number of hydrogen-bond acceptors (Lipinski definition) is 4. The van der Waals surface area contributed by atoms with Crippen molar-refractivity contribution in [3.63, 3.8) is 0 Å². The molecule has 5 nitrogen and oxygen atoms in total. The van der Waals surface area contributed by atoms with Crippen LogP contribution in [0.5, 0.6) is 11.5 Å². The normalized spacial score (nSPS) is 13.7. The number of carbonyl (C=O) groups excluding carboxylic acids is 2. The molecule has 0 bridgehead atoms. The Kier molecular flexibility index (Phi) is 3.49. The number of fused-ring (bicyclic) bond motifs is 1. The van der Waals surface area contributed by atoms with E-state index in [2.05, 4.69) is 5.32 Å². The molecule has 1 aromatic rings. The van der Waals surface area contributed by atoms with E-state index >= 15 is 0 Å². The number of hydrogen-bond donors (Lipinski definition) is 1. The smallest absolute Gasteiger partial charge is 0.310 e. The van der Waals surface area contributed by atoms with Crippen molar-refractivity contribution in [1.29, 1.82) is 0 Å². The third-order valence-corrected chi connectivity index (χ3v) is 2.36. The lowest BCUT2D eigenvalue weighted by atomic mass is 10.2. The Morgan fingerprint density at radius 1 is 1.18 bits per heavy atom. The molecule has 17 heavy (non-hydrogen) atoms. The number of anilines is 1. The molecule has 1 amide bonds. The second-order valence-electron chi connectivity index (χ2n) is 3.44. The van der Waals surface area contributed by atoms with Gasteiger partial charge in [0.05, 0.1) is 13.2 Å². The lowest BCUT2D eigenvalue weighted by Gasteiger charge is -2.09. The summed E-state index contributed by atoms with van der Waals surface area (Å²) in [4.78, 5) is 21.7. The summed E-state index contributed by atoms with van der Waals surface area (Å²) in [6.45, 7) is 1.15. The number of nitrogens with one attached hydrogen (secondary N) is 1. The maximum Gasteiger partial charge on any atom is 0.310 e. The van der Waals surface area contributed by atoms with Crippen LogP contribution in [0.4, 0.5) is 5.69 Å². The molecule has 0 fully saturated rings. The lowest BCUT2D eigenvalue weighted by Crippen LogP contribution is -2.17. The first-order chi connectivity index (χ1) is 8.16. The number of rotatable bonds is 2. The molecule has 0 aromatic heterocycles. The zero-order valence-electron chi connectivity index (χ0n) is 8.86. The van der Waals surface area contributed by atoms with E-state index in [-0.39, 0.29) is 0 Å². The third kappa shape index (κ3) is 2.88. The second-order valence-corrected chi connectivity index (χ2v) is 3.78. The summed E-state index contributed by atoms with van der Waals surface area (Å²) < 4.78 is 10.9. The van der Waals surface area contributed by atoms with E-state index < -0.39 is 11.1 Å². The Labute approximate surface area is 103 Å². The largest absolute Gasteiger partial charge is 0.490 e. The first-order valence-corrected chi connectivity index (χ1v) is 5.45. The third-order valence-electron chi connectivity index (χ3n) is 2.18. The molecular weight excluding hydrogens is 246 g/mol. The fourth-order valence-corrected chi connectivity index (χ4v) is 1.47. The van der Waals surface area contributed by atoms with E-state index in [9.17, 15) is 9.59 Å². The molecule has 0 radical (unpaired) electrons. The van der Waals surface area contributed by atoms with Crippen LogP contribution in [0.3, 0.4) is 0 Å².